The molecule has 6 rings (SSSR count). The van der Waals surface area contributed by atoms with Crippen molar-refractivity contribution < 1.29 is 4.79 Å². The van der Waals surface area contributed by atoms with Crippen LogP contribution in [-0.2, 0) is 11.2 Å². The minimum absolute atomic E-state index is 0.304. The molecule has 1 aromatic carbocycles. The van der Waals surface area contributed by atoms with Crippen molar-refractivity contribution in [1.82, 2.24) is 0 Å². The van der Waals surface area contributed by atoms with E-state index >= 15 is 0 Å². The fraction of sp³-hybridized carbons (Fsp3) is 0.696. The quantitative estimate of drug-likeness (QED) is 0.656. The normalized spacial score (nSPS) is 37.2. The van der Waals surface area contributed by atoms with Crippen molar-refractivity contribution in [1.29, 1.82) is 0 Å². The van der Waals surface area contributed by atoms with Crippen LogP contribution in [0.3, 0.4) is 0 Å². The van der Waals surface area contributed by atoms with E-state index in [1.54, 1.807) is 0 Å². The van der Waals surface area contributed by atoms with Crippen LogP contribution in [0.4, 0.5) is 5.69 Å². The summed E-state index contributed by atoms with van der Waals surface area (Å²) in [6.45, 7) is 2.18. The Morgan fingerprint density at radius 2 is 1.77 bits per heavy atom. The number of benzene rings is 1. The van der Waals surface area contributed by atoms with Gasteiger partial charge in [-0.05, 0) is 98.8 Å². The van der Waals surface area contributed by atoms with Gasteiger partial charge in [-0.3, -0.25) is 4.79 Å². The summed E-state index contributed by atoms with van der Waals surface area (Å²) in [4.78, 5) is 14.9. The van der Waals surface area contributed by atoms with Crippen molar-refractivity contribution >= 4 is 23.4 Å². The molecule has 1 aromatic rings. The molecule has 26 heavy (non-hydrogen) atoms. The van der Waals surface area contributed by atoms with Crippen molar-refractivity contribution in [3.63, 3.8) is 0 Å². The second-order valence-electron chi connectivity index (χ2n) is 9.67. The largest absolute Gasteiger partial charge is 0.308 e. The van der Waals surface area contributed by atoms with Crippen molar-refractivity contribution in [2.45, 2.75) is 64.3 Å². The lowest BCUT2D eigenvalue weighted by Gasteiger charge is -2.57. The fourth-order valence-electron chi connectivity index (χ4n) is 7.06. The number of nitrogens with zero attached hydrogens (tertiary/aromatic N) is 1. The molecule has 4 saturated carbocycles. The first-order valence-corrected chi connectivity index (χ1v) is 11.8. The van der Waals surface area contributed by atoms with Gasteiger partial charge in [0, 0.05) is 11.7 Å². The molecule has 1 unspecified atom stereocenters. The first-order valence-electron chi connectivity index (χ1n) is 10.6. The van der Waals surface area contributed by atoms with E-state index in [0.29, 0.717) is 23.1 Å². The van der Waals surface area contributed by atoms with E-state index in [1.807, 2.05) is 16.7 Å². The maximum Gasteiger partial charge on any atom is 0.237 e. The molecular formula is C23H31NOS. The Balaban J connectivity index is 1.15. The molecule has 4 bridgehead atoms. The minimum atomic E-state index is 0.304. The summed E-state index contributed by atoms with van der Waals surface area (Å²) in [5.41, 5.74) is 3.12. The molecule has 0 aromatic heterocycles. The number of carbonyl (C=O) groups excluding carboxylic acids is 1. The molecule has 1 amide bonds. The van der Waals surface area contributed by atoms with Gasteiger partial charge in [0.2, 0.25) is 5.91 Å². The molecule has 4 fully saturated rings. The summed E-state index contributed by atoms with van der Waals surface area (Å²) in [7, 11) is 0. The summed E-state index contributed by atoms with van der Waals surface area (Å²) >= 11 is 1.88. The third kappa shape index (κ3) is 3.00. The first kappa shape index (κ1) is 17.2. The van der Waals surface area contributed by atoms with Crippen LogP contribution in [0.15, 0.2) is 24.3 Å². The monoisotopic (exact) mass is 369 g/mol. The number of carbonyl (C=O) groups is 1. The van der Waals surface area contributed by atoms with Gasteiger partial charge in [-0.2, -0.15) is 11.8 Å². The molecule has 1 heterocycles. The van der Waals surface area contributed by atoms with Gasteiger partial charge < -0.3 is 4.90 Å². The molecule has 0 radical (unpaired) electrons. The molecule has 0 spiro atoms. The molecular weight excluding hydrogens is 338 g/mol. The second-order valence-corrected chi connectivity index (χ2v) is 10.8. The lowest BCUT2D eigenvalue weighted by Crippen LogP contribution is -2.46. The van der Waals surface area contributed by atoms with Crippen LogP contribution in [0.25, 0.3) is 0 Å². The number of rotatable bonds is 5. The maximum absolute atomic E-state index is 12.8. The zero-order valence-corrected chi connectivity index (χ0v) is 16.8. The molecule has 0 saturated heterocycles. The highest BCUT2D eigenvalue weighted by molar-refractivity contribution is 7.99. The van der Waals surface area contributed by atoms with Gasteiger partial charge in [0.05, 0.1) is 5.75 Å². The van der Waals surface area contributed by atoms with Crippen molar-refractivity contribution in [2.75, 3.05) is 16.4 Å². The fourth-order valence-corrected chi connectivity index (χ4v) is 8.09. The Kier molecular flexibility index (Phi) is 4.34. The smallest absolute Gasteiger partial charge is 0.237 e. The van der Waals surface area contributed by atoms with E-state index < -0.39 is 0 Å². The van der Waals surface area contributed by atoms with Crippen LogP contribution in [0.2, 0.25) is 0 Å². The Morgan fingerprint density at radius 1 is 1.12 bits per heavy atom. The summed E-state index contributed by atoms with van der Waals surface area (Å²) in [6, 6.07) is 8.72. The van der Waals surface area contributed by atoms with Crippen LogP contribution >= 0.6 is 11.8 Å². The number of fused-ring (bicyclic) bond motifs is 1. The summed E-state index contributed by atoms with van der Waals surface area (Å²) in [5, 5.41) is 0. The van der Waals surface area contributed by atoms with E-state index in [2.05, 4.69) is 31.2 Å². The molecule has 1 aliphatic heterocycles. The zero-order chi connectivity index (χ0) is 17.7. The Hall–Kier alpha value is -0.960. The van der Waals surface area contributed by atoms with E-state index in [9.17, 15) is 4.79 Å². The highest BCUT2D eigenvalue weighted by Gasteiger charge is 2.50. The number of hydrogen-bond donors (Lipinski definition) is 0. The van der Waals surface area contributed by atoms with Gasteiger partial charge in [0.25, 0.3) is 0 Å². The molecule has 5 aliphatic rings. The maximum atomic E-state index is 12.8. The van der Waals surface area contributed by atoms with Gasteiger partial charge in [0.15, 0.2) is 0 Å². The number of para-hydroxylation sites is 1. The topological polar surface area (TPSA) is 20.3 Å². The van der Waals surface area contributed by atoms with Crippen LogP contribution in [0, 0.1) is 23.2 Å². The van der Waals surface area contributed by atoms with Gasteiger partial charge in [0.1, 0.15) is 0 Å². The van der Waals surface area contributed by atoms with Crippen molar-refractivity contribution in [3.05, 3.63) is 29.8 Å². The summed E-state index contributed by atoms with van der Waals surface area (Å²) in [5.74, 6) is 5.23. The zero-order valence-electron chi connectivity index (χ0n) is 16.0. The Bertz CT molecular complexity index is 664. The number of amides is 1. The van der Waals surface area contributed by atoms with Crippen molar-refractivity contribution in [3.8, 4) is 0 Å². The highest BCUT2D eigenvalue weighted by atomic mass is 32.2. The average Bonchev–Trinajstić information content (AvgIpc) is 2.93. The van der Waals surface area contributed by atoms with Gasteiger partial charge in [-0.1, -0.05) is 18.2 Å². The van der Waals surface area contributed by atoms with Crippen LogP contribution in [0.5, 0.6) is 0 Å². The Morgan fingerprint density at radius 3 is 2.46 bits per heavy atom. The molecule has 1 atom stereocenters. The lowest BCUT2D eigenvalue weighted by atomic mass is 9.49. The second kappa shape index (κ2) is 6.58. The molecule has 140 valence electrons. The van der Waals surface area contributed by atoms with E-state index in [1.165, 1.54) is 56.3 Å². The van der Waals surface area contributed by atoms with Crippen LogP contribution < -0.4 is 4.90 Å². The molecule has 2 nitrogen and oxygen atoms in total. The number of hydrogen-bond acceptors (Lipinski definition) is 2. The first-order chi connectivity index (χ1) is 12.6. The predicted octanol–water partition coefficient (Wildman–Crippen LogP) is 5.30. The summed E-state index contributed by atoms with van der Waals surface area (Å²) in [6.07, 6.45) is 11.4. The minimum Gasteiger partial charge on any atom is -0.308 e. The van der Waals surface area contributed by atoms with Crippen molar-refractivity contribution in [2.24, 2.45) is 23.2 Å². The van der Waals surface area contributed by atoms with Gasteiger partial charge in [-0.15, -0.1) is 0 Å². The highest BCUT2D eigenvalue weighted by Crippen LogP contribution is 2.61. The standard InChI is InChI=1S/C23H31NOS/c1-16-8-20-4-2-3-5-21(20)24(16)22(25)15-26-7-6-23-12-17-9-18(13-23)11-19(10-17)14-23/h2-5,16-19H,6-15H2,1H3. The Labute approximate surface area is 162 Å². The predicted molar refractivity (Wildman–Crippen MR) is 110 cm³/mol. The van der Waals surface area contributed by atoms with Crippen LogP contribution in [-0.4, -0.2) is 23.5 Å². The van der Waals surface area contributed by atoms with Gasteiger partial charge >= 0.3 is 0 Å². The van der Waals surface area contributed by atoms with E-state index in [4.69, 9.17) is 0 Å². The third-order valence-electron chi connectivity index (χ3n) is 7.64. The molecule has 0 N–H and O–H groups in total. The molecule has 3 heteroatoms. The number of anilines is 1. The SMILES string of the molecule is CC1Cc2ccccc2N1C(=O)CSCCC12CC3CC(CC(C3)C1)C2. The lowest BCUT2D eigenvalue weighted by molar-refractivity contribution is -0.116. The van der Waals surface area contributed by atoms with Crippen LogP contribution in [0.1, 0.15) is 57.4 Å². The summed E-state index contributed by atoms with van der Waals surface area (Å²) < 4.78 is 0. The van der Waals surface area contributed by atoms with Gasteiger partial charge in [-0.25, -0.2) is 0 Å². The third-order valence-corrected chi connectivity index (χ3v) is 8.59. The van der Waals surface area contributed by atoms with E-state index in [-0.39, 0.29) is 0 Å². The van der Waals surface area contributed by atoms with E-state index in [0.717, 1.165) is 29.9 Å². The molecule has 4 aliphatic carbocycles. The average molecular weight is 370 g/mol. The number of thioether (sulfide) groups is 1.